The first-order valence-corrected chi connectivity index (χ1v) is 8.88. The quantitative estimate of drug-likeness (QED) is 0.831. The van der Waals surface area contributed by atoms with E-state index < -0.39 is 17.2 Å². The van der Waals surface area contributed by atoms with Crippen molar-refractivity contribution < 1.29 is 18.7 Å². The monoisotopic (exact) mass is 378 g/mol. The maximum Gasteiger partial charge on any atom is 0.256 e. The molecule has 1 fully saturated rings. The molecule has 1 N–H and O–H groups in total. The number of aliphatic hydroxyl groups is 1. The van der Waals surface area contributed by atoms with Crippen LogP contribution in [0.15, 0.2) is 30.6 Å². The number of aryl methyl sites for hydroxylation is 1. The Balaban J connectivity index is 1.66. The minimum Gasteiger partial charge on any atom is -0.379 e. The molecule has 27 heavy (non-hydrogen) atoms. The molecule has 8 heteroatoms. The molecule has 0 aliphatic carbocycles. The molecule has 0 spiro atoms. The van der Waals surface area contributed by atoms with Gasteiger partial charge in [0.15, 0.2) is 17.2 Å². The van der Waals surface area contributed by atoms with Crippen LogP contribution >= 0.6 is 0 Å². The summed E-state index contributed by atoms with van der Waals surface area (Å²) >= 11 is 0. The summed E-state index contributed by atoms with van der Waals surface area (Å²) in [6.07, 6.45) is 4.65. The van der Waals surface area contributed by atoms with Crippen molar-refractivity contribution in [2.75, 3.05) is 20.1 Å². The molecule has 0 radical (unpaired) electrons. The lowest BCUT2D eigenvalue weighted by molar-refractivity contribution is -0.160. The van der Waals surface area contributed by atoms with Crippen molar-refractivity contribution in [2.45, 2.75) is 31.5 Å². The number of piperidine rings is 1. The number of halogens is 2. The van der Waals surface area contributed by atoms with Gasteiger partial charge in [0.05, 0.1) is 6.20 Å². The number of benzene rings is 1. The second kappa shape index (κ2) is 7.74. The number of amides is 1. The van der Waals surface area contributed by atoms with Crippen molar-refractivity contribution in [3.05, 3.63) is 53.4 Å². The Morgan fingerprint density at radius 1 is 1.30 bits per heavy atom. The maximum atomic E-state index is 13.4. The zero-order chi connectivity index (χ0) is 19.6. The second-order valence-corrected chi connectivity index (χ2v) is 7.30. The van der Waals surface area contributed by atoms with Crippen molar-refractivity contribution in [3.63, 3.8) is 0 Å². The van der Waals surface area contributed by atoms with E-state index in [2.05, 4.69) is 5.10 Å². The maximum absolute atomic E-state index is 13.4. The number of rotatable bonds is 6. The summed E-state index contributed by atoms with van der Waals surface area (Å²) in [5.74, 6) is -2.24. The Kier molecular flexibility index (Phi) is 5.57. The van der Waals surface area contributed by atoms with Crippen LogP contribution in [0.3, 0.4) is 0 Å². The number of carbonyl (C=O) groups excluding carboxylic acids is 1. The van der Waals surface area contributed by atoms with Gasteiger partial charge in [0.2, 0.25) is 0 Å². The summed E-state index contributed by atoms with van der Waals surface area (Å²) in [7, 11) is 3.67. The van der Waals surface area contributed by atoms with Gasteiger partial charge in [0, 0.05) is 45.0 Å². The van der Waals surface area contributed by atoms with Gasteiger partial charge in [0.25, 0.3) is 5.91 Å². The smallest absolute Gasteiger partial charge is 0.256 e. The van der Waals surface area contributed by atoms with E-state index in [1.54, 1.807) is 10.9 Å². The molecule has 1 aliphatic heterocycles. The molecule has 1 aromatic carbocycles. The number of likely N-dealkylation sites (tertiary alicyclic amines) is 1. The summed E-state index contributed by atoms with van der Waals surface area (Å²) in [5.41, 5.74) is -0.00550. The van der Waals surface area contributed by atoms with Gasteiger partial charge >= 0.3 is 0 Å². The van der Waals surface area contributed by atoms with E-state index in [-0.39, 0.29) is 19.0 Å². The molecule has 1 atom stereocenters. The van der Waals surface area contributed by atoms with E-state index in [9.17, 15) is 18.7 Å². The molecule has 1 unspecified atom stereocenters. The van der Waals surface area contributed by atoms with E-state index >= 15 is 0 Å². The Hall–Kier alpha value is -2.32. The Morgan fingerprint density at radius 3 is 2.74 bits per heavy atom. The Morgan fingerprint density at radius 2 is 2.07 bits per heavy atom. The second-order valence-electron chi connectivity index (χ2n) is 7.30. The number of hydrogen-bond donors (Lipinski definition) is 1. The van der Waals surface area contributed by atoms with Crippen LogP contribution in [-0.4, -0.2) is 56.3 Å². The fourth-order valence-electron chi connectivity index (χ4n) is 3.59. The SMILES string of the molecule is CN(Cc1cnn(C)c1)CC1(O)CCCN(Cc2ccc(F)c(F)c2)C1=O. The standard InChI is InChI=1S/C19H24F2N4O2/c1-23(10-15-9-22-24(2)11-15)13-19(27)6-3-7-25(18(19)26)12-14-4-5-16(20)17(21)8-14/h4-5,8-9,11,27H,3,6-7,10,12-13H2,1-2H3. The molecule has 6 nitrogen and oxygen atoms in total. The van der Waals surface area contributed by atoms with Crippen LogP contribution in [0, 0.1) is 11.6 Å². The number of nitrogens with zero attached hydrogens (tertiary/aromatic N) is 4. The normalized spacial score (nSPS) is 20.5. The van der Waals surface area contributed by atoms with Gasteiger partial charge in [-0.25, -0.2) is 8.78 Å². The van der Waals surface area contributed by atoms with Crippen LogP contribution in [0.25, 0.3) is 0 Å². The molecule has 2 heterocycles. The molecule has 146 valence electrons. The minimum absolute atomic E-state index is 0.144. The molecular weight excluding hydrogens is 354 g/mol. The van der Waals surface area contributed by atoms with Gasteiger partial charge in [-0.2, -0.15) is 5.10 Å². The van der Waals surface area contributed by atoms with E-state index in [4.69, 9.17) is 0 Å². The van der Waals surface area contributed by atoms with Gasteiger partial charge in [-0.1, -0.05) is 6.07 Å². The third-order valence-electron chi connectivity index (χ3n) is 4.80. The summed E-state index contributed by atoms with van der Waals surface area (Å²) in [6, 6.07) is 3.59. The summed E-state index contributed by atoms with van der Waals surface area (Å²) in [4.78, 5) is 16.3. The molecule has 0 saturated carbocycles. The minimum atomic E-state index is -1.49. The molecule has 3 rings (SSSR count). The average molecular weight is 378 g/mol. The zero-order valence-electron chi connectivity index (χ0n) is 15.5. The van der Waals surface area contributed by atoms with Gasteiger partial charge in [-0.3, -0.25) is 14.4 Å². The van der Waals surface area contributed by atoms with Crippen molar-refractivity contribution >= 4 is 5.91 Å². The predicted molar refractivity (Wildman–Crippen MR) is 95.5 cm³/mol. The highest BCUT2D eigenvalue weighted by molar-refractivity contribution is 5.86. The first-order chi connectivity index (χ1) is 12.8. The van der Waals surface area contributed by atoms with Crippen molar-refractivity contribution in [1.29, 1.82) is 0 Å². The number of aromatic nitrogens is 2. The summed E-state index contributed by atoms with van der Waals surface area (Å²) < 4.78 is 28.2. The third kappa shape index (κ3) is 4.51. The van der Waals surface area contributed by atoms with Gasteiger partial charge < -0.3 is 10.0 Å². The molecule has 2 aromatic rings. The molecular formula is C19H24F2N4O2. The number of hydrogen-bond acceptors (Lipinski definition) is 4. The Bertz CT molecular complexity index is 826. The predicted octanol–water partition coefficient (Wildman–Crippen LogP) is 1.68. The molecule has 0 bridgehead atoms. The highest BCUT2D eigenvalue weighted by Gasteiger charge is 2.42. The molecule has 1 aromatic heterocycles. The largest absolute Gasteiger partial charge is 0.379 e. The highest BCUT2D eigenvalue weighted by atomic mass is 19.2. The van der Waals surface area contributed by atoms with E-state index in [1.165, 1.54) is 11.0 Å². The highest BCUT2D eigenvalue weighted by Crippen LogP contribution is 2.26. The fourth-order valence-corrected chi connectivity index (χ4v) is 3.59. The first-order valence-electron chi connectivity index (χ1n) is 8.88. The number of likely N-dealkylation sites (N-methyl/N-ethyl adjacent to an activating group) is 1. The van der Waals surface area contributed by atoms with E-state index in [0.717, 1.165) is 17.7 Å². The fraction of sp³-hybridized carbons (Fsp3) is 0.474. The average Bonchev–Trinajstić information content (AvgIpc) is 3.00. The van der Waals surface area contributed by atoms with E-state index in [0.29, 0.717) is 31.5 Å². The topological polar surface area (TPSA) is 61.6 Å². The van der Waals surface area contributed by atoms with Crippen LogP contribution in [0.5, 0.6) is 0 Å². The molecule has 1 aliphatic rings. The molecule has 1 saturated heterocycles. The van der Waals surface area contributed by atoms with Crippen molar-refractivity contribution in [1.82, 2.24) is 19.6 Å². The zero-order valence-corrected chi connectivity index (χ0v) is 15.5. The van der Waals surface area contributed by atoms with Crippen LogP contribution < -0.4 is 0 Å². The summed E-state index contributed by atoms with van der Waals surface area (Å²) in [5, 5.41) is 15.1. The van der Waals surface area contributed by atoms with Crippen LogP contribution in [0.1, 0.15) is 24.0 Å². The summed E-state index contributed by atoms with van der Waals surface area (Å²) in [6.45, 7) is 1.37. The first kappa shape index (κ1) is 19.4. The lowest BCUT2D eigenvalue weighted by atomic mass is 9.90. The number of carbonyl (C=O) groups is 1. The van der Waals surface area contributed by atoms with Gasteiger partial charge in [-0.15, -0.1) is 0 Å². The van der Waals surface area contributed by atoms with Crippen LogP contribution in [-0.2, 0) is 24.9 Å². The van der Waals surface area contributed by atoms with Gasteiger partial charge in [-0.05, 0) is 37.6 Å². The lowest BCUT2D eigenvalue weighted by Gasteiger charge is -2.40. The molecule has 1 amide bonds. The van der Waals surface area contributed by atoms with Crippen LogP contribution in [0.2, 0.25) is 0 Å². The van der Waals surface area contributed by atoms with Crippen molar-refractivity contribution in [3.8, 4) is 0 Å². The van der Waals surface area contributed by atoms with Gasteiger partial charge in [0.1, 0.15) is 0 Å². The van der Waals surface area contributed by atoms with E-state index in [1.807, 2.05) is 25.2 Å². The third-order valence-corrected chi connectivity index (χ3v) is 4.80. The Labute approximate surface area is 157 Å². The van der Waals surface area contributed by atoms with Crippen LogP contribution in [0.4, 0.5) is 8.78 Å². The van der Waals surface area contributed by atoms with Crippen molar-refractivity contribution in [2.24, 2.45) is 7.05 Å². The lowest BCUT2D eigenvalue weighted by Crippen LogP contribution is -2.57.